The molecule has 1 aliphatic heterocycles. The first-order valence-corrected chi connectivity index (χ1v) is 10.2. The second-order valence-corrected chi connectivity index (χ2v) is 8.35. The van der Waals surface area contributed by atoms with Gasteiger partial charge in [0.25, 0.3) is 11.8 Å². The first kappa shape index (κ1) is 20.8. The Bertz CT molecular complexity index is 1140. The van der Waals surface area contributed by atoms with E-state index >= 15 is 0 Å². The molecule has 0 radical (unpaired) electrons. The average molecular weight is 442 g/mol. The van der Waals surface area contributed by atoms with Crippen LogP contribution in [-0.2, 0) is 0 Å². The van der Waals surface area contributed by atoms with Crippen molar-refractivity contribution < 1.29 is 19.1 Å². The first-order chi connectivity index (χ1) is 14.8. The van der Waals surface area contributed by atoms with Gasteiger partial charge in [0, 0.05) is 18.8 Å². The van der Waals surface area contributed by atoms with Crippen molar-refractivity contribution in [3.63, 3.8) is 0 Å². The van der Waals surface area contributed by atoms with Crippen LogP contribution in [-0.4, -0.2) is 51.1 Å². The summed E-state index contributed by atoms with van der Waals surface area (Å²) in [4.78, 5) is 39.6. The van der Waals surface area contributed by atoms with E-state index in [4.69, 9.17) is 0 Å². The van der Waals surface area contributed by atoms with Crippen LogP contribution in [0.2, 0.25) is 0 Å². The molecule has 0 bridgehead atoms. The maximum atomic E-state index is 14.5. The number of anilines is 3. The third-order valence-electron chi connectivity index (χ3n) is 4.72. The molecule has 9 nitrogen and oxygen atoms in total. The van der Waals surface area contributed by atoms with Crippen LogP contribution >= 0.6 is 11.3 Å². The SMILES string of the molecule is Cc1ncc(C(=O)Nc2cc(C(=O)Nc3cnc(N4CC(O)C4)cn3)c(F)cc2C)s1. The van der Waals surface area contributed by atoms with Crippen molar-refractivity contribution in [1.29, 1.82) is 0 Å². The zero-order valence-electron chi connectivity index (χ0n) is 16.7. The third-order valence-corrected chi connectivity index (χ3v) is 5.63. The average Bonchev–Trinajstić information content (AvgIpc) is 3.15. The number of rotatable bonds is 5. The molecule has 3 heterocycles. The van der Waals surface area contributed by atoms with Gasteiger partial charge in [-0.05, 0) is 31.5 Å². The molecular formula is C20H19FN6O3S. The number of aryl methyl sites for hydroxylation is 2. The maximum Gasteiger partial charge on any atom is 0.267 e. The van der Waals surface area contributed by atoms with Gasteiger partial charge in [0.05, 0.1) is 35.3 Å². The van der Waals surface area contributed by atoms with Crippen LogP contribution < -0.4 is 15.5 Å². The minimum absolute atomic E-state index is 0.153. The molecular weight excluding hydrogens is 423 g/mol. The van der Waals surface area contributed by atoms with E-state index in [0.29, 0.717) is 35.0 Å². The van der Waals surface area contributed by atoms with Gasteiger partial charge >= 0.3 is 0 Å². The molecule has 3 N–H and O–H groups in total. The number of benzene rings is 1. The van der Waals surface area contributed by atoms with Crippen molar-refractivity contribution in [2.45, 2.75) is 20.0 Å². The van der Waals surface area contributed by atoms with E-state index in [2.05, 4.69) is 25.6 Å². The Morgan fingerprint density at radius 2 is 1.87 bits per heavy atom. The topological polar surface area (TPSA) is 120 Å². The predicted molar refractivity (Wildman–Crippen MR) is 114 cm³/mol. The summed E-state index contributed by atoms with van der Waals surface area (Å²) >= 11 is 1.24. The van der Waals surface area contributed by atoms with Crippen molar-refractivity contribution in [1.82, 2.24) is 15.0 Å². The van der Waals surface area contributed by atoms with E-state index in [1.165, 1.54) is 42.1 Å². The number of thiazole rings is 1. The first-order valence-electron chi connectivity index (χ1n) is 9.40. The fraction of sp³-hybridized carbons (Fsp3) is 0.250. The van der Waals surface area contributed by atoms with Gasteiger partial charge in [0.15, 0.2) is 5.82 Å². The molecule has 4 rings (SSSR count). The van der Waals surface area contributed by atoms with E-state index in [1.54, 1.807) is 13.8 Å². The van der Waals surface area contributed by atoms with Crippen molar-refractivity contribution in [3.05, 3.63) is 57.6 Å². The molecule has 2 aromatic heterocycles. The lowest BCUT2D eigenvalue weighted by Crippen LogP contribution is -2.51. The summed E-state index contributed by atoms with van der Waals surface area (Å²) in [5, 5.41) is 15.3. The summed E-state index contributed by atoms with van der Waals surface area (Å²) in [5.74, 6) is -1.10. The molecule has 0 unspecified atom stereocenters. The molecule has 0 aliphatic carbocycles. The Hall–Kier alpha value is -3.44. The number of aromatic nitrogens is 3. The van der Waals surface area contributed by atoms with Crippen LogP contribution in [0.5, 0.6) is 0 Å². The quantitative estimate of drug-likeness (QED) is 0.555. The number of amides is 2. The van der Waals surface area contributed by atoms with Crippen LogP contribution in [0.25, 0.3) is 0 Å². The molecule has 1 aromatic carbocycles. The molecule has 31 heavy (non-hydrogen) atoms. The van der Waals surface area contributed by atoms with Crippen LogP contribution in [0.4, 0.5) is 21.7 Å². The maximum absolute atomic E-state index is 14.5. The van der Waals surface area contributed by atoms with Crippen LogP contribution in [0.3, 0.4) is 0 Å². The molecule has 1 saturated heterocycles. The predicted octanol–water partition coefficient (Wildman–Crippen LogP) is 2.37. The number of β-amino-alcohol motifs (C(OH)–C–C–N with tert-alkyl or cyclic N) is 1. The number of carbonyl (C=O) groups is 2. The summed E-state index contributed by atoms with van der Waals surface area (Å²) in [6.45, 7) is 4.37. The van der Waals surface area contributed by atoms with Gasteiger partial charge < -0.3 is 20.6 Å². The largest absolute Gasteiger partial charge is 0.389 e. The number of hydrogen-bond donors (Lipinski definition) is 3. The highest BCUT2D eigenvalue weighted by atomic mass is 32.1. The Labute approximate surface area is 181 Å². The highest BCUT2D eigenvalue weighted by Gasteiger charge is 2.25. The van der Waals surface area contributed by atoms with Crippen molar-refractivity contribution in [2.24, 2.45) is 0 Å². The lowest BCUT2D eigenvalue weighted by atomic mass is 10.1. The van der Waals surface area contributed by atoms with Crippen LogP contribution in [0.1, 0.15) is 30.6 Å². The molecule has 0 saturated carbocycles. The lowest BCUT2D eigenvalue weighted by molar-refractivity contribution is 0.101. The molecule has 0 spiro atoms. The van der Waals surface area contributed by atoms with Crippen molar-refractivity contribution in [2.75, 3.05) is 28.6 Å². The number of aliphatic hydroxyl groups excluding tert-OH is 1. The Kier molecular flexibility index (Phi) is 5.61. The number of carbonyl (C=O) groups excluding carboxylic acids is 2. The minimum atomic E-state index is -0.722. The minimum Gasteiger partial charge on any atom is -0.389 e. The van der Waals surface area contributed by atoms with Gasteiger partial charge in [-0.25, -0.2) is 19.3 Å². The van der Waals surface area contributed by atoms with Gasteiger partial charge in [-0.2, -0.15) is 0 Å². The molecule has 160 valence electrons. The Morgan fingerprint density at radius 3 is 2.48 bits per heavy atom. The number of hydrogen-bond acceptors (Lipinski definition) is 8. The van der Waals surface area contributed by atoms with E-state index in [-0.39, 0.29) is 23.4 Å². The second kappa shape index (κ2) is 8.36. The Morgan fingerprint density at radius 1 is 1.10 bits per heavy atom. The molecule has 1 fully saturated rings. The number of nitrogens with one attached hydrogen (secondary N) is 2. The van der Waals surface area contributed by atoms with E-state index in [1.807, 2.05) is 4.90 Å². The summed E-state index contributed by atoms with van der Waals surface area (Å²) in [6.07, 6.45) is 3.92. The normalized spacial score (nSPS) is 13.6. The highest BCUT2D eigenvalue weighted by molar-refractivity contribution is 7.13. The van der Waals surface area contributed by atoms with E-state index in [9.17, 15) is 19.1 Å². The summed E-state index contributed by atoms with van der Waals surface area (Å²) in [7, 11) is 0. The Balaban J connectivity index is 1.48. The van der Waals surface area contributed by atoms with E-state index < -0.39 is 11.7 Å². The van der Waals surface area contributed by atoms with Gasteiger partial charge in [-0.3, -0.25) is 9.59 Å². The standard InChI is InChI=1S/C20H19FN6O3S/c1-10-3-14(21)13(4-15(10)25-20(30)16-5-22-11(2)31-16)19(29)26-17-6-24-18(7-23-17)27-8-12(28)9-27/h3-7,12,28H,8-9H2,1-2H3,(H,25,30)(H,23,26,29). The van der Waals surface area contributed by atoms with Gasteiger partial charge in [0.2, 0.25) is 0 Å². The van der Waals surface area contributed by atoms with Crippen LogP contribution in [0, 0.1) is 19.7 Å². The van der Waals surface area contributed by atoms with Crippen molar-refractivity contribution >= 4 is 40.5 Å². The van der Waals surface area contributed by atoms with Gasteiger partial charge in [-0.1, -0.05) is 0 Å². The van der Waals surface area contributed by atoms with Gasteiger partial charge in [-0.15, -0.1) is 11.3 Å². The summed E-state index contributed by atoms with van der Waals surface area (Å²) in [5.41, 5.74) is 0.558. The molecule has 0 atom stereocenters. The second-order valence-electron chi connectivity index (χ2n) is 7.12. The summed E-state index contributed by atoms with van der Waals surface area (Å²) < 4.78 is 14.5. The summed E-state index contributed by atoms with van der Waals surface area (Å²) in [6, 6.07) is 2.47. The van der Waals surface area contributed by atoms with E-state index in [0.717, 1.165) is 5.01 Å². The third kappa shape index (κ3) is 4.52. The fourth-order valence-corrected chi connectivity index (χ4v) is 3.68. The lowest BCUT2D eigenvalue weighted by Gasteiger charge is -2.36. The molecule has 3 aromatic rings. The molecule has 1 aliphatic rings. The monoisotopic (exact) mass is 442 g/mol. The fourth-order valence-electron chi connectivity index (χ4n) is 3.01. The van der Waals surface area contributed by atoms with Gasteiger partial charge in [0.1, 0.15) is 16.5 Å². The zero-order chi connectivity index (χ0) is 22.1. The zero-order valence-corrected chi connectivity index (χ0v) is 17.5. The molecule has 11 heteroatoms. The van der Waals surface area contributed by atoms with Crippen LogP contribution in [0.15, 0.2) is 30.7 Å². The number of halogens is 1. The smallest absolute Gasteiger partial charge is 0.267 e. The molecule has 2 amide bonds. The van der Waals surface area contributed by atoms with Crippen molar-refractivity contribution in [3.8, 4) is 0 Å². The highest BCUT2D eigenvalue weighted by Crippen LogP contribution is 2.23. The number of aliphatic hydroxyl groups is 1. The number of nitrogens with zero attached hydrogens (tertiary/aromatic N) is 4.